The summed E-state index contributed by atoms with van der Waals surface area (Å²) in [6.07, 6.45) is 3.77. The summed E-state index contributed by atoms with van der Waals surface area (Å²) < 4.78 is 1.76. The van der Waals surface area contributed by atoms with Crippen LogP contribution in [0.15, 0.2) is 30.6 Å². The molecular formula is C16H22N4O. The van der Waals surface area contributed by atoms with Crippen LogP contribution in [0.25, 0.3) is 0 Å². The summed E-state index contributed by atoms with van der Waals surface area (Å²) in [6, 6.07) is 5.94. The smallest absolute Gasteiger partial charge is 0.238 e. The van der Waals surface area contributed by atoms with Gasteiger partial charge in [0.25, 0.3) is 0 Å². The second kappa shape index (κ2) is 6.54. The number of benzene rings is 1. The number of carbonyl (C=O) groups is 1. The SMILES string of the molecule is Cc1ccc(NC(=O)CN(C)Cc2cnn(C)c2)cc1C. The molecule has 0 aliphatic rings. The summed E-state index contributed by atoms with van der Waals surface area (Å²) in [5.74, 6) is -0.00959. The van der Waals surface area contributed by atoms with Crippen LogP contribution in [-0.2, 0) is 18.4 Å². The second-order valence-electron chi connectivity index (χ2n) is 5.54. The average molecular weight is 286 g/mol. The first-order valence-electron chi connectivity index (χ1n) is 6.97. The van der Waals surface area contributed by atoms with E-state index in [1.165, 1.54) is 11.1 Å². The molecule has 0 aliphatic carbocycles. The summed E-state index contributed by atoms with van der Waals surface area (Å²) in [5, 5.41) is 7.05. The highest BCUT2D eigenvalue weighted by molar-refractivity contribution is 5.92. The Morgan fingerprint density at radius 3 is 2.71 bits per heavy atom. The van der Waals surface area contributed by atoms with Gasteiger partial charge in [-0.05, 0) is 44.2 Å². The number of hydrogen-bond donors (Lipinski definition) is 1. The average Bonchev–Trinajstić information content (AvgIpc) is 2.79. The van der Waals surface area contributed by atoms with E-state index in [0.717, 1.165) is 11.3 Å². The van der Waals surface area contributed by atoms with Crippen molar-refractivity contribution in [2.75, 3.05) is 18.9 Å². The molecule has 0 atom stereocenters. The Bertz CT molecular complexity index is 633. The van der Waals surface area contributed by atoms with E-state index in [9.17, 15) is 4.79 Å². The topological polar surface area (TPSA) is 50.2 Å². The Hall–Kier alpha value is -2.14. The molecule has 0 aliphatic heterocycles. The number of anilines is 1. The third-order valence-electron chi connectivity index (χ3n) is 3.42. The van der Waals surface area contributed by atoms with E-state index in [1.54, 1.807) is 4.68 Å². The van der Waals surface area contributed by atoms with E-state index >= 15 is 0 Å². The van der Waals surface area contributed by atoms with Gasteiger partial charge < -0.3 is 5.32 Å². The lowest BCUT2D eigenvalue weighted by atomic mass is 10.1. The molecule has 0 fully saturated rings. The third-order valence-corrected chi connectivity index (χ3v) is 3.42. The quantitative estimate of drug-likeness (QED) is 0.916. The van der Waals surface area contributed by atoms with Crippen molar-refractivity contribution >= 4 is 11.6 Å². The van der Waals surface area contributed by atoms with Crippen molar-refractivity contribution in [3.8, 4) is 0 Å². The first-order valence-corrected chi connectivity index (χ1v) is 6.97. The van der Waals surface area contributed by atoms with E-state index in [4.69, 9.17) is 0 Å². The summed E-state index contributed by atoms with van der Waals surface area (Å²) in [7, 11) is 3.81. The minimum Gasteiger partial charge on any atom is -0.325 e. The lowest BCUT2D eigenvalue weighted by Gasteiger charge is -2.15. The molecule has 2 aromatic rings. The maximum Gasteiger partial charge on any atom is 0.238 e. The fourth-order valence-corrected chi connectivity index (χ4v) is 2.19. The normalized spacial score (nSPS) is 10.9. The maximum absolute atomic E-state index is 12.0. The van der Waals surface area contributed by atoms with Crippen molar-refractivity contribution in [2.45, 2.75) is 20.4 Å². The van der Waals surface area contributed by atoms with Crippen molar-refractivity contribution in [3.63, 3.8) is 0 Å². The van der Waals surface area contributed by atoms with Gasteiger partial charge in [-0.2, -0.15) is 5.10 Å². The van der Waals surface area contributed by atoms with Gasteiger partial charge in [0.05, 0.1) is 12.7 Å². The molecule has 0 saturated carbocycles. The van der Waals surface area contributed by atoms with Gasteiger partial charge in [0.2, 0.25) is 5.91 Å². The van der Waals surface area contributed by atoms with Gasteiger partial charge in [-0.25, -0.2) is 0 Å². The Kier molecular flexibility index (Phi) is 4.75. The zero-order valence-electron chi connectivity index (χ0n) is 13.1. The number of likely N-dealkylation sites (N-methyl/N-ethyl adjacent to an activating group) is 1. The molecule has 112 valence electrons. The van der Waals surface area contributed by atoms with Gasteiger partial charge in [0, 0.05) is 31.0 Å². The standard InChI is InChI=1S/C16H22N4O/c1-12-5-6-15(7-13(12)2)18-16(21)11-19(3)9-14-8-17-20(4)10-14/h5-8,10H,9,11H2,1-4H3,(H,18,21). The number of aryl methyl sites for hydroxylation is 3. The van der Waals surface area contributed by atoms with E-state index in [2.05, 4.69) is 17.3 Å². The number of carbonyl (C=O) groups excluding carboxylic acids is 1. The lowest BCUT2D eigenvalue weighted by Crippen LogP contribution is -2.29. The molecule has 1 N–H and O–H groups in total. The Morgan fingerprint density at radius 2 is 2.10 bits per heavy atom. The van der Waals surface area contributed by atoms with Crippen molar-refractivity contribution in [2.24, 2.45) is 7.05 Å². The molecule has 0 spiro atoms. The van der Waals surface area contributed by atoms with Gasteiger partial charge in [-0.15, -0.1) is 0 Å². The Labute approximate surface area is 125 Å². The summed E-state index contributed by atoms with van der Waals surface area (Å²) in [5.41, 5.74) is 4.34. The van der Waals surface area contributed by atoms with Crippen molar-refractivity contribution in [1.82, 2.24) is 14.7 Å². The largest absolute Gasteiger partial charge is 0.325 e. The molecule has 1 heterocycles. The molecule has 1 aromatic heterocycles. The first kappa shape index (κ1) is 15.3. The molecule has 0 bridgehead atoms. The number of hydrogen-bond acceptors (Lipinski definition) is 3. The van der Waals surface area contributed by atoms with Crippen LogP contribution in [0.5, 0.6) is 0 Å². The zero-order chi connectivity index (χ0) is 15.4. The molecule has 5 nitrogen and oxygen atoms in total. The third kappa shape index (κ3) is 4.43. The van der Waals surface area contributed by atoms with E-state index < -0.39 is 0 Å². The molecule has 0 radical (unpaired) electrons. The zero-order valence-corrected chi connectivity index (χ0v) is 13.1. The lowest BCUT2D eigenvalue weighted by molar-refractivity contribution is -0.117. The Morgan fingerprint density at radius 1 is 1.33 bits per heavy atom. The second-order valence-corrected chi connectivity index (χ2v) is 5.54. The summed E-state index contributed by atoms with van der Waals surface area (Å²) in [6.45, 7) is 5.15. The summed E-state index contributed by atoms with van der Waals surface area (Å²) >= 11 is 0. The van der Waals surface area contributed by atoms with Crippen molar-refractivity contribution in [1.29, 1.82) is 0 Å². The molecule has 5 heteroatoms. The van der Waals surface area contributed by atoms with Crippen LogP contribution >= 0.6 is 0 Å². The van der Waals surface area contributed by atoms with Gasteiger partial charge in [-0.3, -0.25) is 14.4 Å². The number of amides is 1. The number of aromatic nitrogens is 2. The van der Waals surface area contributed by atoms with Crippen LogP contribution in [0.2, 0.25) is 0 Å². The van der Waals surface area contributed by atoms with Crippen molar-refractivity contribution in [3.05, 3.63) is 47.3 Å². The van der Waals surface area contributed by atoms with Gasteiger partial charge in [0.15, 0.2) is 0 Å². The van der Waals surface area contributed by atoms with Gasteiger partial charge in [-0.1, -0.05) is 6.07 Å². The van der Waals surface area contributed by atoms with E-state index in [1.807, 2.05) is 56.5 Å². The fourth-order valence-electron chi connectivity index (χ4n) is 2.19. The minimum atomic E-state index is -0.00959. The number of nitrogens with zero attached hydrogens (tertiary/aromatic N) is 3. The van der Waals surface area contributed by atoms with E-state index in [0.29, 0.717) is 13.1 Å². The fraction of sp³-hybridized carbons (Fsp3) is 0.375. The first-order chi connectivity index (χ1) is 9.94. The van der Waals surface area contributed by atoms with E-state index in [-0.39, 0.29) is 5.91 Å². The number of nitrogens with one attached hydrogen (secondary N) is 1. The molecule has 0 unspecified atom stereocenters. The van der Waals surface area contributed by atoms with Crippen LogP contribution < -0.4 is 5.32 Å². The maximum atomic E-state index is 12.0. The van der Waals surface area contributed by atoms with Crippen LogP contribution in [-0.4, -0.2) is 34.2 Å². The highest BCUT2D eigenvalue weighted by Gasteiger charge is 2.09. The van der Waals surface area contributed by atoms with Crippen LogP contribution in [0.3, 0.4) is 0 Å². The highest BCUT2D eigenvalue weighted by atomic mass is 16.2. The molecule has 1 aromatic carbocycles. The van der Waals surface area contributed by atoms with Crippen molar-refractivity contribution < 1.29 is 4.79 Å². The number of rotatable bonds is 5. The molecule has 0 saturated heterocycles. The predicted octanol–water partition coefficient (Wildman–Crippen LogP) is 2.11. The van der Waals surface area contributed by atoms with Crippen LogP contribution in [0.1, 0.15) is 16.7 Å². The summed E-state index contributed by atoms with van der Waals surface area (Å²) in [4.78, 5) is 14.0. The monoisotopic (exact) mass is 286 g/mol. The van der Waals surface area contributed by atoms with Crippen LogP contribution in [0, 0.1) is 13.8 Å². The van der Waals surface area contributed by atoms with Gasteiger partial charge >= 0.3 is 0 Å². The molecule has 21 heavy (non-hydrogen) atoms. The highest BCUT2D eigenvalue weighted by Crippen LogP contribution is 2.14. The molecular weight excluding hydrogens is 264 g/mol. The molecule has 1 amide bonds. The molecule has 2 rings (SSSR count). The van der Waals surface area contributed by atoms with Gasteiger partial charge in [0.1, 0.15) is 0 Å². The predicted molar refractivity (Wildman–Crippen MR) is 84.1 cm³/mol. The minimum absolute atomic E-state index is 0.00959. The van der Waals surface area contributed by atoms with Crippen LogP contribution in [0.4, 0.5) is 5.69 Å². The Balaban J connectivity index is 1.87.